The average molecular weight is 334 g/mol. The predicted molar refractivity (Wildman–Crippen MR) is 96.6 cm³/mol. The molecule has 1 unspecified atom stereocenters. The van der Waals surface area contributed by atoms with E-state index in [9.17, 15) is 0 Å². The number of nitrogens with one attached hydrogen (secondary N) is 1. The molecule has 1 aliphatic heterocycles. The van der Waals surface area contributed by atoms with Crippen LogP contribution in [0.1, 0.15) is 22.7 Å². The molecular weight excluding hydrogens is 312 g/mol. The maximum atomic E-state index is 4.45. The van der Waals surface area contributed by atoms with Gasteiger partial charge in [0.05, 0.1) is 11.8 Å². The Balaban J connectivity index is 1.36. The highest BCUT2D eigenvalue weighted by Crippen LogP contribution is 2.31. The summed E-state index contributed by atoms with van der Waals surface area (Å²) in [4.78, 5) is 11.3. The van der Waals surface area contributed by atoms with Crippen molar-refractivity contribution in [3.8, 4) is 11.4 Å². The zero-order chi connectivity index (χ0) is 17.2. The molecule has 128 valence electrons. The van der Waals surface area contributed by atoms with Crippen LogP contribution in [-0.4, -0.2) is 38.2 Å². The van der Waals surface area contributed by atoms with Gasteiger partial charge in [-0.1, -0.05) is 24.3 Å². The lowest BCUT2D eigenvalue weighted by Crippen LogP contribution is -2.28. The first kappa shape index (κ1) is 15.9. The zero-order valence-corrected chi connectivity index (χ0v) is 14.6. The Morgan fingerprint density at radius 3 is 2.68 bits per heavy atom. The first-order valence-corrected chi connectivity index (χ1v) is 8.49. The Labute approximate surface area is 147 Å². The van der Waals surface area contributed by atoms with Gasteiger partial charge >= 0.3 is 0 Å². The number of likely N-dealkylation sites (N-methyl/N-ethyl adjacent to an activating group) is 1. The van der Waals surface area contributed by atoms with E-state index in [0.717, 1.165) is 30.8 Å². The van der Waals surface area contributed by atoms with Gasteiger partial charge in [-0.3, -0.25) is 9.58 Å². The maximum absolute atomic E-state index is 4.45. The number of aromatic nitrogens is 4. The molecule has 0 radical (unpaired) electrons. The van der Waals surface area contributed by atoms with Crippen LogP contribution in [0.4, 0.5) is 0 Å². The standard InChI is InChI=1S/C19H22N6/c1-24-12-15-5-3-4-6-17(15)18(24)11-20-7-14-8-21-19(22-9-14)16-10-23-25(2)13-16/h3-6,8-10,13,18,20H,7,11-12H2,1-2H3. The Morgan fingerprint density at radius 1 is 1.12 bits per heavy atom. The molecule has 0 aliphatic carbocycles. The van der Waals surface area contributed by atoms with Gasteiger partial charge in [0.25, 0.3) is 0 Å². The summed E-state index contributed by atoms with van der Waals surface area (Å²) in [5, 5.41) is 7.69. The summed E-state index contributed by atoms with van der Waals surface area (Å²) in [6.07, 6.45) is 7.46. The fourth-order valence-electron chi connectivity index (χ4n) is 3.37. The molecule has 0 amide bonds. The van der Waals surface area contributed by atoms with E-state index in [4.69, 9.17) is 0 Å². The van der Waals surface area contributed by atoms with Crippen LogP contribution in [0, 0.1) is 0 Å². The molecule has 0 bridgehead atoms. The second-order valence-corrected chi connectivity index (χ2v) is 6.58. The minimum Gasteiger partial charge on any atom is -0.311 e. The van der Waals surface area contributed by atoms with Crippen molar-refractivity contribution in [2.75, 3.05) is 13.6 Å². The summed E-state index contributed by atoms with van der Waals surface area (Å²) in [6, 6.07) is 9.11. The summed E-state index contributed by atoms with van der Waals surface area (Å²) >= 11 is 0. The monoisotopic (exact) mass is 334 g/mol. The van der Waals surface area contributed by atoms with Gasteiger partial charge in [-0.2, -0.15) is 5.10 Å². The summed E-state index contributed by atoms with van der Waals surface area (Å²) < 4.78 is 1.75. The Kier molecular flexibility index (Phi) is 4.29. The molecule has 6 heteroatoms. The molecule has 0 saturated carbocycles. The molecule has 3 aromatic rings. The normalized spacial score (nSPS) is 17.0. The number of aryl methyl sites for hydroxylation is 1. The zero-order valence-electron chi connectivity index (χ0n) is 14.6. The van der Waals surface area contributed by atoms with Gasteiger partial charge in [0, 0.05) is 56.9 Å². The lowest BCUT2D eigenvalue weighted by atomic mass is 10.1. The number of rotatable bonds is 5. The van der Waals surface area contributed by atoms with E-state index in [-0.39, 0.29) is 0 Å². The van der Waals surface area contributed by atoms with Crippen LogP contribution in [0.15, 0.2) is 49.1 Å². The minimum absolute atomic E-state index is 0.423. The van der Waals surface area contributed by atoms with Gasteiger partial charge in [0.2, 0.25) is 0 Å². The predicted octanol–water partition coefficient (Wildman–Crippen LogP) is 2.15. The molecule has 3 heterocycles. The Hall–Kier alpha value is -2.57. The van der Waals surface area contributed by atoms with Crippen molar-refractivity contribution in [2.24, 2.45) is 7.05 Å². The van der Waals surface area contributed by atoms with Gasteiger partial charge in [-0.25, -0.2) is 9.97 Å². The third kappa shape index (κ3) is 3.31. The molecule has 0 fully saturated rings. The molecule has 25 heavy (non-hydrogen) atoms. The molecule has 1 N–H and O–H groups in total. The number of nitrogens with zero attached hydrogens (tertiary/aromatic N) is 5. The van der Waals surface area contributed by atoms with Crippen LogP contribution >= 0.6 is 0 Å². The smallest absolute Gasteiger partial charge is 0.162 e. The van der Waals surface area contributed by atoms with E-state index in [1.165, 1.54) is 11.1 Å². The third-order valence-corrected chi connectivity index (χ3v) is 4.70. The molecule has 2 aromatic heterocycles. The van der Waals surface area contributed by atoms with Crippen LogP contribution in [-0.2, 0) is 20.1 Å². The largest absolute Gasteiger partial charge is 0.311 e. The molecule has 1 atom stereocenters. The molecule has 4 rings (SSSR count). The first-order valence-electron chi connectivity index (χ1n) is 8.49. The van der Waals surface area contributed by atoms with Crippen LogP contribution < -0.4 is 5.32 Å². The molecule has 1 aromatic carbocycles. The van der Waals surface area contributed by atoms with Crippen LogP contribution in [0.2, 0.25) is 0 Å². The van der Waals surface area contributed by atoms with Crippen LogP contribution in [0.25, 0.3) is 11.4 Å². The van der Waals surface area contributed by atoms with Crippen molar-refractivity contribution in [2.45, 2.75) is 19.1 Å². The van der Waals surface area contributed by atoms with Crippen LogP contribution in [0.5, 0.6) is 0 Å². The molecule has 0 spiro atoms. The van der Waals surface area contributed by atoms with Gasteiger partial charge in [-0.05, 0) is 18.2 Å². The fraction of sp³-hybridized carbons (Fsp3) is 0.316. The number of hydrogen-bond acceptors (Lipinski definition) is 5. The molecule has 0 saturated heterocycles. The molecule has 6 nitrogen and oxygen atoms in total. The van der Waals surface area contributed by atoms with Crippen molar-refractivity contribution < 1.29 is 0 Å². The second-order valence-electron chi connectivity index (χ2n) is 6.58. The third-order valence-electron chi connectivity index (χ3n) is 4.70. The fourth-order valence-corrected chi connectivity index (χ4v) is 3.37. The van der Waals surface area contributed by atoms with E-state index < -0.39 is 0 Å². The quantitative estimate of drug-likeness (QED) is 0.775. The van der Waals surface area contributed by atoms with E-state index in [2.05, 4.69) is 56.6 Å². The van der Waals surface area contributed by atoms with Crippen molar-refractivity contribution in [1.29, 1.82) is 0 Å². The van der Waals surface area contributed by atoms with Gasteiger partial charge in [-0.15, -0.1) is 0 Å². The highest BCUT2D eigenvalue weighted by Gasteiger charge is 2.26. The maximum Gasteiger partial charge on any atom is 0.162 e. The minimum atomic E-state index is 0.423. The van der Waals surface area contributed by atoms with Crippen molar-refractivity contribution >= 4 is 0 Å². The van der Waals surface area contributed by atoms with E-state index in [1.54, 1.807) is 10.9 Å². The molecular formula is C19H22N6. The van der Waals surface area contributed by atoms with E-state index >= 15 is 0 Å². The van der Waals surface area contributed by atoms with Gasteiger partial charge in [0.1, 0.15) is 0 Å². The molecule has 1 aliphatic rings. The Bertz CT molecular complexity index is 854. The van der Waals surface area contributed by atoms with Crippen molar-refractivity contribution in [3.05, 3.63) is 65.7 Å². The van der Waals surface area contributed by atoms with Crippen molar-refractivity contribution in [1.82, 2.24) is 30.0 Å². The summed E-state index contributed by atoms with van der Waals surface area (Å²) in [5.74, 6) is 0.710. The number of fused-ring (bicyclic) bond motifs is 1. The summed E-state index contributed by atoms with van der Waals surface area (Å²) in [6.45, 7) is 2.70. The first-order chi connectivity index (χ1) is 12.2. The topological polar surface area (TPSA) is 58.9 Å². The highest BCUT2D eigenvalue weighted by molar-refractivity contribution is 5.51. The lowest BCUT2D eigenvalue weighted by molar-refractivity contribution is 0.260. The second kappa shape index (κ2) is 6.74. The van der Waals surface area contributed by atoms with Gasteiger partial charge in [0.15, 0.2) is 5.82 Å². The highest BCUT2D eigenvalue weighted by atomic mass is 15.2. The van der Waals surface area contributed by atoms with E-state index in [1.807, 2.05) is 25.6 Å². The van der Waals surface area contributed by atoms with E-state index in [0.29, 0.717) is 11.9 Å². The van der Waals surface area contributed by atoms with Crippen molar-refractivity contribution in [3.63, 3.8) is 0 Å². The van der Waals surface area contributed by atoms with Crippen LogP contribution in [0.3, 0.4) is 0 Å². The Morgan fingerprint density at radius 2 is 1.92 bits per heavy atom. The average Bonchev–Trinajstić information content (AvgIpc) is 3.19. The summed E-state index contributed by atoms with van der Waals surface area (Å²) in [5.41, 5.74) is 4.88. The number of hydrogen-bond donors (Lipinski definition) is 1. The summed E-state index contributed by atoms with van der Waals surface area (Å²) in [7, 11) is 4.07. The van der Waals surface area contributed by atoms with Gasteiger partial charge < -0.3 is 5.32 Å². The lowest BCUT2D eigenvalue weighted by Gasteiger charge is -2.20. The number of benzene rings is 1. The SMILES string of the molecule is CN1Cc2ccccc2C1CNCc1cnc(-c2cnn(C)c2)nc1.